The van der Waals surface area contributed by atoms with E-state index in [1.54, 1.807) is 12.1 Å². The van der Waals surface area contributed by atoms with E-state index in [9.17, 15) is 14.7 Å². The third kappa shape index (κ3) is 4.32. The van der Waals surface area contributed by atoms with Crippen molar-refractivity contribution in [3.05, 3.63) is 35.4 Å². The second-order valence-electron chi connectivity index (χ2n) is 7.06. The number of carboxylic acid groups (broad SMARTS) is 1. The van der Waals surface area contributed by atoms with Crippen molar-refractivity contribution < 1.29 is 14.7 Å². The Balaban J connectivity index is 3.15. The summed E-state index contributed by atoms with van der Waals surface area (Å²) in [5, 5.41) is 18.1. The maximum Gasteiger partial charge on any atom is 0.329 e. The molecule has 124 valence electrons. The molecule has 0 radical (unpaired) electrons. The van der Waals surface area contributed by atoms with E-state index in [1.807, 2.05) is 18.2 Å². The molecule has 0 saturated heterocycles. The van der Waals surface area contributed by atoms with Crippen molar-refractivity contribution in [2.75, 3.05) is 6.54 Å². The van der Waals surface area contributed by atoms with Crippen LogP contribution in [0, 0.1) is 11.3 Å². The number of hydrogen-bond donors (Lipinski definition) is 1. The third-order valence-corrected chi connectivity index (χ3v) is 3.89. The molecule has 0 aliphatic rings. The molecule has 0 heterocycles. The number of hydrogen-bond acceptors (Lipinski definition) is 3. The van der Waals surface area contributed by atoms with Gasteiger partial charge in [0.15, 0.2) is 0 Å². The lowest BCUT2D eigenvalue weighted by Crippen LogP contribution is -2.53. The van der Waals surface area contributed by atoms with E-state index in [1.165, 1.54) is 18.7 Å². The second-order valence-corrected chi connectivity index (χ2v) is 7.06. The molecule has 1 N–H and O–H groups in total. The summed E-state index contributed by atoms with van der Waals surface area (Å²) in [5.41, 5.74) is 0.111. The maximum absolute atomic E-state index is 12.7. The van der Waals surface area contributed by atoms with Gasteiger partial charge in [0.05, 0.1) is 12.5 Å². The predicted molar refractivity (Wildman–Crippen MR) is 88.1 cm³/mol. The lowest BCUT2D eigenvalue weighted by molar-refractivity contribution is -0.147. The van der Waals surface area contributed by atoms with E-state index in [2.05, 4.69) is 20.8 Å². The zero-order chi connectivity index (χ0) is 17.8. The minimum absolute atomic E-state index is 0.0254. The number of carbonyl (C=O) groups is 2. The molecule has 0 atom stereocenters. The molecule has 1 aromatic carbocycles. The van der Waals surface area contributed by atoms with Crippen LogP contribution in [0.4, 0.5) is 0 Å². The fourth-order valence-corrected chi connectivity index (χ4v) is 2.18. The number of nitrogens with zero attached hydrogens (tertiary/aromatic N) is 2. The normalized spacial score (nSPS) is 11.7. The van der Waals surface area contributed by atoms with Crippen LogP contribution in [-0.4, -0.2) is 34.0 Å². The highest BCUT2D eigenvalue weighted by molar-refractivity contribution is 5.97. The second kappa shape index (κ2) is 6.82. The van der Waals surface area contributed by atoms with Crippen molar-refractivity contribution >= 4 is 11.9 Å². The first-order valence-electron chi connectivity index (χ1n) is 7.54. The quantitative estimate of drug-likeness (QED) is 0.904. The molecule has 1 aromatic rings. The molecule has 1 amide bonds. The fraction of sp³-hybridized carbons (Fsp3) is 0.500. The van der Waals surface area contributed by atoms with Gasteiger partial charge in [-0.05, 0) is 37.0 Å². The van der Waals surface area contributed by atoms with Crippen molar-refractivity contribution in [1.29, 1.82) is 5.26 Å². The van der Waals surface area contributed by atoms with E-state index in [4.69, 9.17) is 5.26 Å². The van der Waals surface area contributed by atoms with Crippen molar-refractivity contribution in [2.45, 2.75) is 52.0 Å². The van der Waals surface area contributed by atoms with E-state index < -0.39 is 11.5 Å². The number of nitriles is 1. The van der Waals surface area contributed by atoms with Gasteiger partial charge < -0.3 is 10.0 Å². The minimum Gasteiger partial charge on any atom is -0.480 e. The first kappa shape index (κ1) is 18.7. The Morgan fingerprint density at radius 2 is 1.65 bits per heavy atom. The number of carbonyl (C=O) groups excluding carboxylic acids is 1. The van der Waals surface area contributed by atoms with Crippen LogP contribution in [0.3, 0.4) is 0 Å². The van der Waals surface area contributed by atoms with Crippen LogP contribution >= 0.6 is 0 Å². The van der Waals surface area contributed by atoms with Crippen LogP contribution in [0.25, 0.3) is 0 Å². The van der Waals surface area contributed by atoms with Gasteiger partial charge in [-0.3, -0.25) is 4.79 Å². The molecule has 1 rings (SSSR count). The van der Waals surface area contributed by atoms with Crippen molar-refractivity contribution in [3.8, 4) is 6.07 Å². The molecule has 0 aliphatic heterocycles. The van der Waals surface area contributed by atoms with Crippen LogP contribution in [0.15, 0.2) is 24.3 Å². The lowest BCUT2D eigenvalue weighted by atomic mass is 9.86. The van der Waals surface area contributed by atoms with E-state index >= 15 is 0 Å². The Hall–Kier alpha value is -2.35. The first-order valence-corrected chi connectivity index (χ1v) is 7.54. The molecule has 23 heavy (non-hydrogen) atoms. The van der Waals surface area contributed by atoms with Crippen molar-refractivity contribution in [3.63, 3.8) is 0 Å². The molecule has 0 aliphatic carbocycles. The van der Waals surface area contributed by atoms with Crippen LogP contribution in [0.5, 0.6) is 0 Å². The molecule has 0 aromatic heterocycles. The predicted octanol–water partition coefficient (Wildman–Crippen LogP) is 3.20. The Labute approximate surface area is 137 Å². The monoisotopic (exact) mass is 316 g/mol. The van der Waals surface area contributed by atoms with Gasteiger partial charge in [-0.2, -0.15) is 5.26 Å². The number of carboxylic acids is 1. The van der Waals surface area contributed by atoms with Crippen LogP contribution < -0.4 is 0 Å². The van der Waals surface area contributed by atoms with Crippen LogP contribution in [-0.2, 0) is 10.2 Å². The average molecular weight is 316 g/mol. The summed E-state index contributed by atoms with van der Waals surface area (Å²) < 4.78 is 0. The third-order valence-electron chi connectivity index (χ3n) is 3.89. The molecule has 5 nitrogen and oxygen atoms in total. The summed E-state index contributed by atoms with van der Waals surface area (Å²) in [4.78, 5) is 25.4. The Morgan fingerprint density at radius 1 is 1.13 bits per heavy atom. The van der Waals surface area contributed by atoms with Crippen molar-refractivity contribution in [2.24, 2.45) is 0 Å². The highest BCUT2D eigenvalue weighted by atomic mass is 16.4. The number of amides is 1. The molecular weight excluding hydrogens is 292 g/mol. The van der Waals surface area contributed by atoms with Gasteiger partial charge >= 0.3 is 5.97 Å². The fourth-order valence-electron chi connectivity index (χ4n) is 2.18. The van der Waals surface area contributed by atoms with Gasteiger partial charge in [0.1, 0.15) is 5.54 Å². The van der Waals surface area contributed by atoms with Gasteiger partial charge in [0, 0.05) is 12.1 Å². The molecule has 0 spiro atoms. The minimum atomic E-state index is -1.38. The molecule has 0 saturated carbocycles. The molecular formula is C18H24N2O3. The van der Waals surface area contributed by atoms with E-state index in [0.717, 1.165) is 5.56 Å². The van der Waals surface area contributed by atoms with Gasteiger partial charge in [-0.15, -0.1) is 0 Å². The first-order chi connectivity index (χ1) is 10.5. The van der Waals surface area contributed by atoms with Crippen LogP contribution in [0.2, 0.25) is 0 Å². The Morgan fingerprint density at radius 3 is 2.04 bits per heavy atom. The molecule has 5 heteroatoms. The smallest absolute Gasteiger partial charge is 0.329 e. The summed E-state index contributed by atoms with van der Waals surface area (Å²) in [6.45, 7) is 9.25. The zero-order valence-corrected chi connectivity index (χ0v) is 14.4. The van der Waals surface area contributed by atoms with Gasteiger partial charge in [-0.1, -0.05) is 32.9 Å². The van der Waals surface area contributed by atoms with E-state index in [-0.39, 0.29) is 24.3 Å². The Bertz CT molecular complexity index is 619. The largest absolute Gasteiger partial charge is 0.480 e. The van der Waals surface area contributed by atoms with Crippen molar-refractivity contribution in [1.82, 2.24) is 4.90 Å². The molecule has 0 fully saturated rings. The highest BCUT2D eigenvalue weighted by Crippen LogP contribution is 2.24. The zero-order valence-electron chi connectivity index (χ0n) is 14.4. The number of benzene rings is 1. The Kier molecular flexibility index (Phi) is 5.55. The topological polar surface area (TPSA) is 81.4 Å². The molecule has 0 bridgehead atoms. The number of rotatable bonds is 5. The van der Waals surface area contributed by atoms with Gasteiger partial charge in [0.25, 0.3) is 5.91 Å². The summed E-state index contributed by atoms with van der Waals surface area (Å²) in [7, 11) is 0. The van der Waals surface area contributed by atoms with Gasteiger partial charge in [0.2, 0.25) is 0 Å². The summed E-state index contributed by atoms with van der Waals surface area (Å²) >= 11 is 0. The summed E-state index contributed by atoms with van der Waals surface area (Å²) in [6.07, 6.45) is 0.0858. The maximum atomic E-state index is 12.7. The standard InChI is InChI=1S/C18H24N2O3/c1-17(2,3)14-9-7-13(8-10-14)15(21)20(12-6-11-19)18(4,5)16(22)23/h7-10H,6,12H2,1-5H3,(H,22,23). The molecule has 0 unspecified atom stereocenters. The average Bonchev–Trinajstić information content (AvgIpc) is 2.46. The van der Waals surface area contributed by atoms with E-state index in [0.29, 0.717) is 5.56 Å². The summed E-state index contributed by atoms with van der Waals surface area (Å²) in [5.74, 6) is -1.48. The lowest BCUT2D eigenvalue weighted by Gasteiger charge is -2.34. The van der Waals surface area contributed by atoms with Crippen LogP contribution in [0.1, 0.15) is 57.0 Å². The summed E-state index contributed by atoms with van der Waals surface area (Å²) in [6, 6.07) is 9.13. The highest BCUT2D eigenvalue weighted by Gasteiger charge is 2.38. The number of aliphatic carboxylic acids is 1. The SMILES string of the molecule is CC(C)(C)c1ccc(C(=O)N(CCC#N)C(C)(C)C(=O)O)cc1. The van der Waals surface area contributed by atoms with Gasteiger partial charge in [-0.25, -0.2) is 4.79 Å².